The number of nitrogens with one attached hydrogen (secondary N) is 1. The van der Waals surface area contributed by atoms with Gasteiger partial charge in [0.15, 0.2) is 0 Å². The summed E-state index contributed by atoms with van der Waals surface area (Å²) in [4.78, 5) is 24.7. The Morgan fingerprint density at radius 2 is 1.89 bits per heavy atom. The molecule has 5 nitrogen and oxygen atoms in total. The van der Waals surface area contributed by atoms with E-state index in [1.54, 1.807) is 0 Å². The number of rotatable bonds is 7. The fraction of sp³-hybridized carbons (Fsp3) is 0.619. The van der Waals surface area contributed by atoms with Crippen LogP contribution in [0.4, 0.5) is 0 Å². The largest absolute Gasteiger partial charge is 0.461 e. The summed E-state index contributed by atoms with van der Waals surface area (Å²) in [6, 6.07) is 8.92. The van der Waals surface area contributed by atoms with Crippen molar-refractivity contribution in [2.75, 3.05) is 6.54 Å². The molecule has 4 atom stereocenters. The van der Waals surface area contributed by atoms with Gasteiger partial charge >= 0.3 is 5.97 Å². The molecule has 1 aliphatic carbocycles. The maximum Gasteiger partial charge on any atom is 0.329 e. The van der Waals surface area contributed by atoms with Gasteiger partial charge in [0, 0.05) is 6.42 Å². The van der Waals surface area contributed by atoms with Crippen molar-refractivity contribution < 1.29 is 14.3 Å². The van der Waals surface area contributed by atoms with Crippen molar-refractivity contribution in [2.24, 2.45) is 23.5 Å². The van der Waals surface area contributed by atoms with Gasteiger partial charge in [-0.3, -0.25) is 4.79 Å². The predicted molar refractivity (Wildman–Crippen MR) is 110 cm³/mol. The maximum atomic E-state index is 12.9. The highest BCUT2D eigenvalue weighted by Gasteiger charge is 2.35. The number of ether oxygens (including phenoxy) is 1. The zero-order valence-corrected chi connectivity index (χ0v) is 17.3. The van der Waals surface area contributed by atoms with Crippen molar-refractivity contribution in [3.8, 4) is 0 Å². The second kappa shape index (κ2) is 11.3. The lowest BCUT2D eigenvalue weighted by Crippen LogP contribution is -2.48. The molecule has 1 amide bonds. The Hall–Kier alpha value is -1.59. The van der Waals surface area contributed by atoms with Crippen molar-refractivity contribution in [1.29, 1.82) is 0 Å². The predicted octanol–water partition coefficient (Wildman–Crippen LogP) is 3.10. The van der Waals surface area contributed by atoms with E-state index in [9.17, 15) is 9.59 Å². The van der Waals surface area contributed by atoms with E-state index in [0.29, 0.717) is 24.2 Å². The lowest BCUT2D eigenvalue weighted by Gasteiger charge is -2.37. The van der Waals surface area contributed by atoms with Crippen molar-refractivity contribution >= 4 is 24.3 Å². The summed E-state index contributed by atoms with van der Waals surface area (Å²) < 4.78 is 5.92. The zero-order valence-electron chi connectivity index (χ0n) is 16.5. The molecule has 3 N–H and O–H groups in total. The molecule has 152 valence electrons. The molecular formula is C21H33ClN2O3. The molecule has 0 bridgehead atoms. The van der Waals surface area contributed by atoms with Gasteiger partial charge in [0.2, 0.25) is 5.91 Å². The number of esters is 1. The average molecular weight is 397 g/mol. The monoisotopic (exact) mass is 396 g/mol. The Labute approximate surface area is 168 Å². The van der Waals surface area contributed by atoms with Gasteiger partial charge in [0.25, 0.3) is 0 Å². The normalized spacial score (nSPS) is 23.2. The smallest absolute Gasteiger partial charge is 0.329 e. The van der Waals surface area contributed by atoms with Gasteiger partial charge in [0.1, 0.15) is 12.1 Å². The van der Waals surface area contributed by atoms with Gasteiger partial charge in [-0.15, -0.1) is 12.4 Å². The van der Waals surface area contributed by atoms with Crippen molar-refractivity contribution in [2.45, 2.75) is 58.6 Å². The van der Waals surface area contributed by atoms with Crippen LogP contribution in [0.1, 0.15) is 45.6 Å². The van der Waals surface area contributed by atoms with E-state index < -0.39 is 6.04 Å². The highest BCUT2D eigenvalue weighted by atomic mass is 35.5. The lowest BCUT2D eigenvalue weighted by molar-refractivity contribution is -0.159. The Balaban J connectivity index is 0.00000364. The molecular weight excluding hydrogens is 364 g/mol. The van der Waals surface area contributed by atoms with Crippen LogP contribution in [0.2, 0.25) is 0 Å². The van der Waals surface area contributed by atoms with Crippen LogP contribution in [0.3, 0.4) is 0 Å². The summed E-state index contributed by atoms with van der Waals surface area (Å²) >= 11 is 0. The number of hydrogen-bond acceptors (Lipinski definition) is 4. The molecule has 1 aliphatic rings. The third-order valence-corrected chi connectivity index (χ3v) is 5.32. The number of amides is 1. The number of benzene rings is 1. The molecule has 1 unspecified atom stereocenters. The van der Waals surface area contributed by atoms with Crippen molar-refractivity contribution in [3.05, 3.63) is 35.9 Å². The first-order chi connectivity index (χ1) is 12.4. The van der Waals surface area contributed by atoms with Gasteiger partial charge in [-0.2, -0.15) is 0 Å². The molecule has 0 saturated heterocycles. The molecule has 6 heteroatoms. The molecule has 1 aromatic rings. The van der Waals surface area contributed by atoms with Crippen LogP contribution in [0.25, 0.3) is 0 Å². The summed E-state index contributed by atoms with van der Waals surface area (Å²) in [5.74, 6) is 0.680. The fourth-order valence-corrected chi connectivity index (χ4v) is 3.78. The van der Waals surface area contributed by atoms with E-state index in [1.807, 2.05) is 30.3 Å². The van der Waals surface area contributed by atoms with Crippen LogP contribution in [-0.2, 0) is 20.7 Å². The molecule has 0 aliphatic heterocycles. The van der Waals surface area contributed by atoms with Crippen LogP contribution in [0.5, 0.6) is 0 Å². The lowest BCUT2D eigenvalue weighted by atomic mass is 9.75. The first kappa shape index (κ1) is 23.4. The Morgan fingerprint density at radius 3 is 2.48 bits per heavy atom. The van der Waals surface area contributed by atoms with Crippen LogP contribution in [0, 0.1) is 17.8 Å². The van der Waals surface area contributed by atoms with Crippen LogP contribution in [0.15, 0.2) is 30.3 Å². The molecule has 1 fully saturated rings. The number of nitrogens with two attached hydrogens (primary N) is 1. The minimum atomic E-state index is -0.710. The van der Waals surface area contributed by atoms with Gasteiger partial charge < -0.3 is 15.8 Å². The average Bonchev–Trinajstić information content (AvgIpc) is 2.61. The van der Waals surface area contributed by atoms with Gasteiger partial charge in [-0.25, -0.2) is 4.79 Å². The van der Waals surface area contributed by atoms with E-state index in [1.165, 1.54) is 6.42 Å². The Morgan fingerprint density at radius 1 is 1.22 bits per heavy atom. The molecule has 2 rings (SSSR count). The van der Waals surface area contributed by atoms with E-state index in [4.69, 9.17) is 10.5 Å². The van der Waals surface area contributed by atoms with Gasteiger partial charge in [0.05, 0.1) is 6.54 Å². The van der Waals surface area contributed by atoms with E-state index in [-0.39, 0.29) is 36.9 Å². The second-order valence-corrected chi connectivity index (χ2v) is 7.82. The third kappa shape index (κ3) is 7.15. The van der Waals surface area contributed by atoms with Crippen molar-refractivity contribution in [3.63, 3.8) is 0 Å². The minimum absolute atomic E-state index is 0. The minimum Gasteiger partial charge on any atom is -0.461 e. The van der Waals surface area contributed by atoms with Gasteiger partial charge in [-0.05, 0) is 36.2 Å². The second-order valence-electron chi connectivity index (χ2n) is 7.82. The molecule has 1 aromatic carbocycles. The van der Waals surface area contributed by atoms with E-state index in [0.717, 1.165) is 18.4 Å². The zero-order chi connectivity index (χ0) is 19.1. The summed E-state index contributed by atoms with van der Waals surface area (Å²) in [6.07, 6.45) is 3.46. The molecule has 1 saturated carbocycles. The van der Waals surface area contributed by atoms with Crippen LogP contribution < -0.4 is 11.1 Å². The SMILES string of the molecule is CC(C)[C@@H]1CC[C@@H](C)C[C@H]1OC(=O)C(Cc1ccccc1)NC(=O)CN.Cl. The number of carbonyl (C=O) groups excluding carboxylic acids is 2. The summed E-state index contributed by atoms with van der Waals surface area (Å²) in [5, 5.41) is 2.72. The number of hydrogen-bond donors (Lipinski definition) is 2. The van der Waals surface area contributed by atoms with Crippen molar-refractivity contribution in [1.82, 2.24) is 5.32 Å². The molecule has 27 heavy (non-hydrogen) atoms. The molecule has 0 aromatic heterocycles. The van der Waals surface area contributed by atoms with E-state index in [2.05, 4.69) is 26.1 Å². The summed E-state index contributed by atoms with van der Waals surface area (Å²) in [7, 11) is 0. The first-order valence-corrected chi connectivity index (χ1v) is 9.64. The quantitative estimate of drug-likeness (QED) is 0.694. The van der Waals surface area contributed by atoms with Crippen LogP contribution in [-0.4, -0.2) is 30.6 Å². The molecule has 0 heterocycles. The standard InChI is InChI=1S/C21H32N2O3.ClH/c1-14(2)17-10-9-15(3)11-19(17)26-21(25)18(23-20(24)13-22)12-16-7-5-4-6-8-16;/h4-8,14-15,17-19H,9-13,22H2,1-3H3,(H,23,24);1H/t15-,17+,18?,19-;/m1./s1. The fourth-order valence-electron chi connectivity index (χ4n) is 3.78. The highest BCUT2D eigenvalue weighted by Crippen LogP contribution is 2.35. The highest BCUT2D eigenvalue weighted by molar-refractivity contribution is 5.86. The van der Waals surface area contributed by atoms with Crippen LogP contribution >= 0.6 is 12.4 Å². The Kier molecular flexibility index (Phi) is 9.81. The topological polar surface area (TPSA) is 81.4 Å². The number of carbonyl (C=O) groups is 2. The molecule has 0 spiro atoms. The molecule has 0 radical (unpaired) electrons. The third-order valence-electron chi connectivity index (χ3n) is 5.32. The maximum absolute atomic E-state index is 12.9. The Bertz CT molecular complexity index is 594. The van der Waals surface area contributed by atoms with Gasteiger partial charge in [-0.1, -0.05) is 57.5 Å². The number of halogens is 1. The summed E-state index contributed by atoms with van der Waals surface area (Å²) in [6.45, 7) is 6.42. The first-order valence-electron chi connectivity index (χ1n) is 9.64. The summed E-state index contributed by atoms with van der Waals surface area (Å²) in [5.41, 5.74) is 6.39. The van der Waals surface area contributed by atoms with E-state index >= 15 is 0 Å².